The summed E-state index contributed by atoms with van der Waals surface area (Å²) in [5, 5.41) is 2.72. The van der Waals surface area contributed by atoms with Gasteiger partial charge in [0.2, 0.25) is 5.91 Å². The van der Waals surface area contributed by atoms with Crippen LogP contribution in [-0.4, -0.2) is 23.1 Å². The van der Waals surface area contributed by atoms with E-state index in [1.165, 1.54) is 18.3 Å². The van der Waals surface area contributed by atoms with Crippen molar-refractivity contribution in [3.8, 4) is 0 Å². The number of aromatic nitrogens is 1. The Hall–Kier alpha value is -3.78. The molecule has 33 heavy (non-hydrogen) atoms. The number of hydrogen-bond acceptors (Lipinski definition) is 6. The summed E-state index contributed by atoms with van der Waals surface area (Å²) >= 11 is 1.27. The zero-order valence-corrected chi connectivity index (χ0v) is 19.3. The van der Waals surface area contributed by atoms with Crippen LogP contribution < -0.4 is 20.2 Å². The van der Waals surface area contributed by atoms with Gasteiger partial charge < -0.3 is 10.1 Å². The Morgan fingerprint density at radius 1 is 1.15 bits per heavy atom. The second kappa shape index (κ2) is 9.38. The minimum Gasteiger partial charge on any atom is -0.463 e. The molecule has 2 heterocycles. The fraction of sp³-hybridized carbons (Fsp3) is 0.200. The van der Waals surface area contributed by atoms with Crippen LogP contribution in [0.15, 0.2) is 75.7 Å². The van der Waals surface area contributed by atoms with Crippen LogP contribution in [-0.2, 0) is 14.3 Å². The number of esters is 1. The summed E-state index contributed by atoms with van der Waals surface area (Å²) in [5.41, 5.74) is 2.97. The minimum atomic E-state index is -0.620. The molecule has 1 N–H and O–H groups in total. The number of fused-ring (bicyclic) bond motifs is 1. The van der Waals surface area contributed by atoms with E-state index in [-0.39, 0.29) is 18.1 Å². The van der Waals surface area contributed by atoms with Gasteiger partial charge in [0.1, 0.15) is 0 Å². The van der Waals surface area contributed by atoms with Gasteiger partial charge in [-0.1, -0.05) is 53.8 Å². The van der Waals surface area contributed by atoms with Gasteiger partial charge in [0.15, 0.2) is 4.80 Å². The van der Waals surface area contributed by atoms with Gasteiger partial charge in [-0.25, -0.2) is 9.79 Å². The van der Waals surface area contributed by atoms with Crippen LogP contribution in [0.3, 0.4) is 0 Å². The van der Waals surface area contributed by atoms with Gasteiger partial charge in [-0.05, 0) is 43.2 Å². The van der Waals surface area contributed by atoms with E-state index in [0.717, 1.165) is 11.1 Å². The number of nitrogens with zero attached hydrogens (tertiary/aromatic N) is 2. The predicted molar refractivity (Wildman–Crippen MR) is 128 cm³/mol. The van der Waals surface area contributed by atoms with Crippen LogP contribution in [0.25, 0.3) is 6.08 Å². The third-order valence-corrected chi connectivity index (χ3v) is 6.14. The largest absolute Gasteiger partial charge is 0.463 e. The molecule has 2 aromatic carbocycles. The third kappa shape index (κ3) is 4.56. The summed E-state index contributed by atoms with van der Waals surface area (Å²) in [6, 6.07) is 16.0. The lowest BCUT2D eigenvalue weighted by molar-refractivity contribution is -0.139. The molecule has 0 aliphatic carbocycles. The molecule has 168 valence electrons. The maximum Gasteiger partial charge on any atom is 0.338 e. The number of amides is 1. The third-order valence-electron chi connectivity index (χ3n) is 5.16. The lowest BCUT2D eigenvalue weighted by Gasteiger charge is -2.24. The summed E-state index contributed by atoms with van der Waals surface area (Å²) < 4.78 is 7.36. The second-order valence-electron chi connectivity index (χ2n) is 7.52. The molecule has 0 radical (unpaired) electrons. The van der Waals surface area contributed by atoms with Crippen molar-refractivity contribution in [2.75, 3.05) is 11.9 Å². The number of anilines is 1. The Morgan fingerprint density at radius 2 is 1.85 bits per heavy atom. The van der Waals surface area contributed by atoms with E-state index in [1.807, 2.05) is 42.5 Å². The SMILES string of the molecule is CCOC(=O)C1=C(C)N=c2s/c(=C\c3ccc(NC(C)=O)cc3)c(=O)n2[C@H]1c1ccccc1. The van der Waals surface area contributed by atoms with E-state index in [1.54, 1.807) is 36.6 Å². The van der Waals surface area contributed by atoms with Gasteiger partial charge >= 0.3 is 5.97 Å². The number of nitrogens with one attached hydrogen (secondary N) is 1. The Kier molecular flexibility index (Phi) is 6.37. The molecule has 0 saturated carbocycles. The Morgan fingerprint density at radius 3 is 2.48 bits per heavy atom. The summed E-state index contributed by atoms with van der Waals surface area (Å²) in [7, 11) is 0. The molecule has 1 aromatic heterocycles. The average molecular weight is 462 g/mol. The first-order valence-electron chi connectivity index (χ1n) is 10.5. The zero-order chi connectivity index (χ0) is 23.5. The monoisotopic (exact) mass is 461 g/mol. The number of benzene rings is 2. The first-order chi connectivity index (χ1) is 15.9. The molecule has 1 aliphatic heterocycles. The molecule has 7 nitrogen and oxygen atoms in total. The van der Waals surface area contributed by atoms with Gasteiger partial charge in [-0.15, -0.1) is 0 Å². The van der Waals surface area contributed by atoms with Crippen LogP contribution in [0.4, 0.5) is 5.69 Å². The fourth-order valence-corrected chi connectivity index (χ4v) is 4.81. The van der Waals surface area contributed by atoms with Gasteiger partial charge in [0, 0.05) is 12.6 Å². The van der Waals surface area contributed by atoms with Crippen LogP contribution in [0.1, 0.15) is 37.9 Å². The van der Waals surface area contributed by atoms with Crippen LogP contribution >= 0.6 is 11.3 Å². The molecule has 1 atom stereocenters. The van der Waals surface area contributed by atoms with Crippen molar-refractivity contribution in [2.24, 2.45) is 4.99 Å². The van der Waals surface area contributed by atoms with E-state index in [4.69, 9.17) is 4.74 Å². The Labute approximate surface area is 194 Å². The molecule has 3 aromatic rings. The summed E-state index contributed by atoms with van der Waals surface area (Å²) in [6.45, 7) is 5.19. The number of allylic oxidation sites excluding steroid dienone is 1. The summed E-state index contributed by atoms with van der Waals surface area (Å²) in [4.78, 5) is 42.7. The highest BCUT2D eigenvalue weighted by Crippen LogP contribution is 2.30. The highest BCUT2D eigenvalue weighted by atomic mass is 32.1. The maximum absolute atomic E-state index is 13.5. The van der Waals surface area contributed by atoms with Crippen molar-refractivity contribution >= 4 is 35.0 Å². The summed E-state index contributed by atoms with van der Waals surface area (Å²) in [5.74, 6) is -0.625. The fourth-order valence-electron chi connectivity index (χ4n) is 3.76. The van der Waals surface area contributed by atoms with Crippen molar-refractivity contribution in [2.45, 2.75) is 26.8 Å². The van der Waals surface area contributed by atoms with Crippen molar-refractivity contribution in [3.05, 3.63) is 96.7 Å². The minimum absolute atomic E-state index is 0.148. The van der Waals surface area contributed by atoms with E-state index < -0.39 is 12.0 Å². The first-order valence-corrected chi connectivity index (χ1v) is 11.3. The number of carbonyl (C=O) groups is 2. The predicted octanol–water partition coefficient (Wildman–Crippen LogP) is 2.76. The van der Waals surface area contributed by atoms with Gasteiger partial charge in [-0.2, -0.15) is 0 Å². The number of hydrogen-bond donors (Lipinski definition) is 1. The molecule has 0 bridgehead atoms. The molecule has 8 heteroatoms. The molecular weight excluding hydrogens is 438 g/mol. The maximum atomic E-state index is 13.5. The van der Waals surface area contributed by atoms with E-state index in [2.05, 4.69) is 10.3 Å². The molecule has 0 spiro atoms. The lowest BCUT2D eigenvalue weighted by atomic mass is 9.96. The lowest BCUT2D eigenvalue weighted by Crippen LogP contribution is -2.39. The van der Waals surface area contributed by atoms with E-state index in [9.17, 15) is 14.4 Å². The van der Waals surface area contributed by atoms with Crippen molar-refractivity contribution in [1.29, 1.82) is 0 Å². The molecule has 4 rings (SSSR count). The Bertz CT molecular complexity index is 1420. The average Bonchev–Trinajstić information content (AvgIpc) is 3.09. The topological polar surface area (TPSA) is 89.8 Å². The van der Waals surface area contributed by atoms with Crippen molar-refractivity contribution in [1.82, 2.24) is 4.57 Å². The number of rotatable bonds is 5. The number of thiazole rings is 1. The van der Waals surface area contributed by atoms with Gasteiger partial charge in [0.25, 0.3) is 5.56 Å². The molecule has 0 unspecified atom stereocenters. The van der Waals surface area contributed by atoms with E-state index >= 15 is 0 Å². The summed E-state index contributed by atoms with van der Waals surface area (Å²) in [6.07, 6.45) is 1.78. The smallest absolute Gasteiger partial charge is 0.338 e. The number of carbonyl (C=O) groups excluding carboxylic acids is 2. The molecule has 1 aliphatic rings. The Balaban J connectivity index is 1.85. The van der Waals surface area contributed by atoms with Crippen molar-refractivity contribution < 1.29 is 14.3 Å². The zero-order valence-electron chi connectivity index (χ0n) is 18.5. The first kappa shape index (κ1) is 22.4. The standard InChI is InChI=1S/C25H23N3O4S/c1-4-32-24(31)21-15(2)26-25-28(22(21)18-8-6-5-7-9-18)23(30)20(33-25)14-17-10-12-19(13-11-17)27-16(3)29/h5-14,22H,4H2,1-3H3,(H,27,29)/b20-14-/t22-/m0/s1. The van der Waals surface area contributed by atoms with Crippen LogP contribution in [0.2, 0.25) is 0 Å². The van der Waals surface area contributed by atoms with Crippen molar-refractivity contribution in [3.63, 3.8) is 0 Å². The normalized spacial score (nSPS) is 15.6. The highest BCUT2D eigenvalue weighted by Gasteiger charge is 2.33. The number of ether oxygens (including phenoxy) is 1. The van der Waals surface area contributed by atoms with Gasteiger partial charge in [0.05, 0.1) is 28.5 Å². The molecule has 0 fully saturated rings. The molecular formula is C25H23N3O4S. The molecule has 1 amide bonds. The molecule has 0 saturated heterocycles. The highest BCUT2D eigenvalue weighted by molar-refractivity contribution is 7.07. The second-order valence-corrected chi connectivity index (χ2v) is 8.53. The van der Waals surface area contributed by atoms with Crippen LogP contribution in [0.5, 0.6) is 0 Å². The van der Waals surface area contributed by atoms with Crippen LogP contribution in [0, 0.1) is 0 Å². The quantitative estimate of drug-likeness (QED) is 0.592. The van der Waals surface area contributed by atoms with E-state index in [0.29, 0.717) is 26.3 Å². The van der Waals surface area contributed by atoms with Gasteiger partial charge in [-0.3, -0.25) is 14.2 Å².